The van der Waals surface area contributed by atoms with E-state index in [0.717, 1.165) is 44.5 Å². The van der Waals surface area contributed by atoms with Crippen LogP contribution in [0.4, 0.5) is 0 Å². The van der Waals surface area contributed by atoms with Crippen LogP contribution in [0, 0.1) is 18.3 Å². The molecule has 256 valence electrons. The van der Waals surface area contributed by atoms with E-state index in [0.29, 0.717) is 5.41 Å². The SMILES string of the molecule is CC/C=C(/C)CC.CCCCOCC(C)CC.CCCCOCC(CC)(CC)CC.CCCCc1ccc(C)c(OC)c1. The smallest absolute Gasteiger partial charge is 0.122 e. The van der Waals surface area contributed by atoms with Gasteiger partial charge in [-0.1, -0.05) is 119 Å². The van der Waals surface area contributed by atoms with Crippen LogP contribution in [-0.2, 0) is 15.9 Å². The average Bonchev–Trinajstić information content (AvgIpc) is 3.04. The molecule has 1 atom stereocenters. The van der Waals surface area contributed by atoms with Gasteiger partial charge < -0.3 is 14.2 Å². The summed E-state index contributed by atoms with van der Waals surface area (Å²) < 4.78 is 16.4. The molecular formula is C40H78O3. The molecule has 0 saturated carbocycles. The van der Waals surface area contributed by atoms with Crippen molar-refractivity contribution in [3.63, 3.8) is 0 Å². The van der Waals surface area contributed by atoms with Gasteiger partial charge in [0.1, 0.15) is 5.75 Å². The Morgan fingerprint density at radius 1 is 0.814 bits per heavy atom. The van der Waals surface area contributed by atoms with Gasteiger partial charge in [0.2, 0.25) is 0 Å². The summed E-state index contributed by atoms with van der Waals surface area (Å²) in [5, 5.41) is 0. The van der Waals surface area contributed by atoms with Crippen molar-refractivity contribution in [3.05, 3.63) is 41.0 Å². The third-order valence-electron chi connectivity index (χ3n) is 8.44. The van der Waals surface area contributed by atoms with Gasteiger partial charge in [0.15, 0.2) is 0 Å². The Kier molecular flexibility index (Phi) is 36.0. The molecule has 1 unspecified atom stereocenters. The van der Waals surface area contributed by atoms with Crippen LogP contribution in [0.5, 0.6) is 5.75 Å². The lowest BCUT2D eigenvalue weighted by atomic mass is 9.81. The molecule has 0 amide bonds. The van der Waals surface area contributed by atoms with E-state index in [-0.39, 0.29) is 0 Å². The molecule has 0 spiro atoms. The number of allylic oxidation sites excluding steroid dienone is 2. The predicted octanol–water partition coefficient (Wildman–Crippen LogP) is 13.0. The van der Waals surface area contributed by atoms with Crippen LogP contribution in [0.3, 0.4) is 0 Å². The quantitative estimate of drug-likeness (QED) is 0.109. The summed E-state index contributed by atoms with van der Waals surface area (Å²) in [6.07, 6.45) is 18.1. The van der Waals surface area contributed by atoms with Gasteiger partial charge in [0, 0.05) is 19.8 Å². The molecule has 3 heteroatoms. The van der Waals surface area contributed by atoms with Crippen LogP contribution in [0.25, 0.3) is 0 Å². The number of hydrogen-bond donors (Lipinski definition) is 0. The Hall–Kier alpha value is -1.32. The normalized spacial score (nSPS) is 11.8. The van der Waals surface area contributed by atoms with Crippen molar-refractivity contribution in [2.24, 2.45) is 11.3 Å². The maximum Gasteiger partial charge on any atom is 0.122 e. The van der Waals surface area contributed by atoms with Crippen LogP contribution in [-0.4, -0.2) is 33.5 Å². The molecule has 0 fully saturated rings. The van der Waals surface area contributed by atoms with E-state index in [1.54, 1.807) is 7.11 Å². The molecule has 43 heavy (non-hydrogen) atoms. The first-order valence-corrected chi connectivity index (χ1v) is 18.1. The van der Waals surface area contributed by atoms with Crippen LogP contribution >= 0.6 is 0 Å². The highest BCUT2D eigenvalue weighted by molar-refractivity contribution is 5.36. The minimum atomic E-state index is 0.452. The molecular weight excluding hydrogens is 528 g/mol. The van der Waals surface area contributed by atoms with Gasteiger partial charge in [0.25, 0.3) is 0 Å². The van der Waals surface area contributed by atoms with E-state index in [2.05, 4.69) is 107 Å². The second-order valence-corrected chi connectivity index (χ2v) is 12.1. The third-order valence-corrected chi connectivity index (χ3v) is 8.44. The standard InChI is InChI=1S/C12H18O.C12H26O.C9H20O.C7H14/c1-4-5-6-11-8-7-10(2)12(9-11)13-3;1-5-9-10-13-11-12(6-2,7-3)8-4;1-4-6-7-10-8-9(3)5-2;1-4-6-7(3)5-2/h7-9H,4-6H2,1-3H3;5-11H2,1-4H3;9H,4-8H2,1-3H3;6H,4-5H2,1-3H3/b;;;7-6-. The first kappa shape index (κ1) is 46.1. The summed E-state index contributed by atoms with van der Waals surface area (Å²) in [7, 11) is 1.73. The van der Waals surface area contributed by atoms with Gasteiger partial charge in [-0.05, 0) is 100 Å². The van der Waals surface area contributed by atoms with Gasteiger partial charge in [-0.15, -0.1) is 0 Å². The topological polar surface area (TPSA) is 27.7 Å². The predicted molar refractivity (Wildman–Crippen MR) is 195 cm³/mol. The Balaban J connectivity index is -0.000000509. The van der Waals surface area contributed by atoms with E-state index < -0.39 is 0 Å². The molecule has 1 aromatic rings. The summed E-state index contributed by atoms with van der Waals surface area (Å²) >= 11 is 0. The van der Waals surface area contributed by atoms with Crippen LogP contribution in [0.15, 0.2) is 29.8 Å². The van der Waals surface area contributed by atoms with Crippen molar-refractivity contribution < 1.29 is 14.2 Å². The molecule has 0 aliphatic rings. The molecule has 0 aliphatic carbocycles. The first-order valence-electron chi connectivity index (χ1n) is 18.1. The van der Waals surface area contributed by atoms with E-state index in [9.17, 15) is 0 Å². The zero-order chi connectivity index (χ0) is 33.4. The first-order chi connectivity index (χ1) is 20.6. The Bertz CT molecular complexity index is 712. The van der Waals surface area contributed by atoms with Crippen molar-refractivity contribution in [3.8, 4) is 5.75 Å². The zero-order valence-electron chi connectivity index (χ0n) is 31.6. The molecule has 0 radical (unpaired) electrons. The summed E-state index contributed by atoms with van der Waals surface area (Å²) in [6, 6.07) is 6.46. The summed E-state index contributed by atoms with van der Waals surface area (Å²) in [4.78, 5) is 0. The minimum Gasteiger partial charge on any atom is -0.496 e. The lowest BCUT2D eigenvalue weighted by Gasteiger charge is -2.30. The summed E-state index contributed by atoms with van der Waals surface area (Å²) in [5.41, 5.74) is 4.54. The molecule has 0 heterocycles. The van der Waals surface area contributed by atoms with Gasteiger partial charge in [0.05, 0.1) is 13.7 Å². The van der Waals surface area contributed by atoms with Crippen molar-refractivity contribution >= 4 is 0 Å². The summed E-state index contributed by atoms with van der Waals surface area (Å²) in [6.45, 7) is 30.2. The number of rotatable bonds is 20. The van der Waals surface area contributed by atoms with Crippen LogP contribution < -0.4 is 4.74 Å². The van der Waals surface area contributed by atoms with Crippen LogP contribution in [0.2, 0.25) is 0 Å². The number of ether oxygens (including phenoxy) is 3. The molecule has 3 nitrogen and oxygen atoms in total. The number of unbranched alkanes of at least 4 members (excludes halogenated alkanes) is 3. The molecule has 0 bridgehead atoms. The number of methoxy groups -OCH3 is 1. The van der Waals surface area contributed by atoms with Gasteiger partial charge >= 0.3 is 0 Å². The van der Waals surface area contributed by atoms with Crippen molar-refractivity contribution in [1.29, 1.82) is 0 Å². The van der Waals surface area contributed by atoms with Crippen molar-refractivity contribution in [1.82, 2.24) is 0 Å². The second-order valence-electron chi connectivity index (χ2n) is 12.1. The van der Waals surface area contributed by atoms with Gasteiger partial charge in [-0.2, -0.15) is 0 Å². The fraction of sp³-hybridized carbons (Fsp3) is 0.800. The fourth-order valence-electron chi connectivity index (χ4n) is 4.13. The average molecular weight is 607 g/mol. The number of aryl methyl sites for hydroxylation is 2. The van der Waals surface area contributed by atoms with Crippen LogP contribution in [0.1, 0.15) is 164 Å². The molecule has 1 rings (SSSR count). The highest BCUT2D eigenvalue weighted by atomic mass is 16.5. The maximum atomic E-state index is 5.71. The fourth-order valence-corrected chi connectivity index (χ4v) is 4.13. The van der Waals surface area contributed by atoms with Gasteiger partial charge in [-0.25, -0.2) is 0 Å². The molecule has 0 N–H and O–H groups in total. The molecule has 0 saturated heterocycles. The van der Waals surface area contributed by atoms with Crippen molar-refractivity contribution in [2.75, 3.05) is 33.5 Å². The Labute approximate surface area is 272 Å². The highest BCUT2D eigenvalue weighted by Gasteiger charge is 2.23. The Morgan fingerprint density at radius 3 is 1.79 bits per heavy atom. The number of hydrogen-bond acceptors (Lipinski definition) is 3. The molecule has 0 aliphatic heterocycles. The molecule has 0 aromatic heterocycles. The lowest BCUT2D eigenvalue weighted by Crippen LogP contribution is -2.24. The lowest BCUT2D eigenvalue weighted by molar-refractivity contribution is 0.0339. The van der Waals surface area contributed by atoms with E-state index >= 15 is 0 Å². The second kappa shape index (κ2) is 33.6. The zero-order valence-corrected chi connectivity index (χ0v) is 31.6. The Morgan fingerprint density at radius 2 is 1.37 bits per heavy atom. The molecule has 1 aromatic carbocycles. The van der Waals surface area contributed by atoms with E-state index in [4.69, 9.17) is 14.2 Å². The maximum absolute atomic E-state index is 5.71. The van der Waals surface area contributed by atoms with E-state index in [1.165, 1.54) is 93.7 Å². The third kappa shape index (κ3) is 27.9. The summed E-state index contributed by atoms with van der Waals surface area (Å²) in [5.74, 6) is 1.74. The minimum absolute atomic E-state index is 0.452. The highest BCUT2D eigenvalue weighted by Crippen LogP contribution is 2.30. The van der Waals surface area contributed by atoms with Crippen molar-refractivity contribution in [2.45, 2.75) is 167 Å². The monoisotopic (exact) mass is 607 g/mol. The largest absolute Gasteiger partial charge is 0.496 e. The number of benzene rings is 1. The van der Waals surface area contributed by atoms with Gasteiger partial charge in [-0.3, -0.25) is 0 Å². The van der Waals surface area contributed by atoms with E-state index in [1.807, 2.05) is 0 Å².